The number of rotatable bonds is 3. The summed E-state index contributed by atoms with van der Waals surface area (Å²) in [7, 11) is 1.71. The molecule has 1 aliphatic rings. The van der Waals surface area contributed by atoms with Crippen molar-refractivity contribution in [3.63, 3.8) is 0 Å². The Kier molecular flexibility index (Phi) is 4.03. The molecule has 5 rings (SSSR count). The molecule has 0 radical (unpaired) electrons. The monoisotopic (exact) mass is 420 g/mol. The fourth-order valence-electron chi connectivity index (χ4n) is 3.04. The summed E-state index contributed by atoms with van der Waals surface area (Å²) in [5.41, 5.74) is 0.765. The molecule has 1 aliphatic heterocycles. The predicted octanol–water partition coefficient (Wildman–Crippen LogP) is 3.36. The van der Waals surface area contributed by atoms with Gasteiger partial charge in [0.1, 0.15) is 23.7 Å². The highest BCUT2D eigenvalue weighted by molar-refractivity contribution is 7.98. The van der Waals surface area contributed by atoms with E-state index in [1.807, 2.05) is 21.9 Å². The lowest BCUT2D eigenvalue weighted by atomic mass is 10.3. The van der Waals surface area contributed by atoms with Crippen molar-refractivity contribution in [2.24, 2.45) is 7.05 Å². The summed E-state index contributed by atoms with van der Waals surface area (Å²) in [5.74, 6) is 3.18. The zero-order valence-electron chi connectivity index (χ0n) is 14.1. The van der Waals surface area contributed by atoms with Crippen molar-refractivity contribution in [1.82, 2.24) is 19.2 Å². The maximum Gasteiger partial charge on any atom is 0.272 e. The number of aromatic nitrogens is 4. The number of aryl methyl sites for hydroxylation is 1. The van der Waals surface area contributed by atoms with Crippen LogP contribution >= 0.6 is 34.7 Å². The SMILES string of the molecule is Cn1c(=O)c2sccc2n2c(CSc3cc4c(cc3Cl)OCCO4)nnc12. The molecule has 10 heteroatoms. The highest BCUT2D eigenvalue weighted by Gasteiger charge is 2.18. The van der Waals surface area contributed by atoms with E-state index in [4.69, 9.17) is 21.1 Å². The van der Waals surface area contributed by atoms with Gasteiger partial charge in [-0.2, -0.15) is 0 Å². The van der Waals surface area contributed by atoms with E-state index in [9.17, 15) is 4.79 Å². The van der Waals surface area contributed by atoms with Crippen LogP contribution in [-0.4, -0.2) is 32.4 Å². The first kappa shape index (κ1) is 16.9. The van der Waals surface area contributed by atoms with Crippen LogP contribution in [-0.2, 0) is 12.8 Å². The van der Waals surface area contributed by atoms with E-state index in [0.717, 1.165) is 16.2 Å². The molecule has 3 aromatic heterocycles. The van der Waals surface area contributed by atoms with Gasteiger partial charge in [0.05, 0.1) is 16.3 Å². The van der Waals surface area contributed by atoms with Gasteiger partial charge in [0, 0.05) is 18.0 Å². The molecule has 0 saturated carbocycles. The highest BCUT2D eigenvalue weighted by Crippen LogP contribution is 2.40. The molecule has 0 atom stereocenters. The van der Waals surface area contributed by atoms with Crippen molar-refractivity contribution in [3.8, 4) is 11.5 Å². The van der Waals surface area contributed by atoms with Gasteiger partial charge in [0.15, 0.2) is 11.5 Å². The van der Waals surface area contributed by atoms with Crippen molar-refractivity contribution in [2.45, 2.75) is 10.6 Å². The van der Waals surface area contributed by atoms with Gasteiger partial charge in [-0.05, 0) is 17.5 Å². The van der Waals surface area contributed by atoms with E-state index in [1.165, 1.54) is 27.7 Å². The van der Waals surface area contributed by atoms with Gasteiger partial charge in [0.25, 0.3) is 5.56 Å². The van der Waals surface area contributed by atoms with Gasteiger partial charge < -0.3 is 9.47 Å². The van der Waals surface area contributed by atoms with E-state index in [1.54, 1.807) is 13.1 Å². The lowest BCUT2D eigenvalue weighted by Crippen LogP contribution is -2.19. The van der Waals surface area contributed by atoms with Gasteiger partial charge in [-0.1, -0.05) is 11.6 Å². The summed E-state index contributed by atoms with van der Waals surface area (Å²) < 4.78 is 15.3. The standard InChI is InChI=1S/C17H13ClN4O3S2/c1-21-16(23)15-10(2-5-26-15)22-14(19-20-17(21)22)8-27-13-7-12-11(6-9(13)18)24-3-4-25-12/h2,5-7H,3-4,8H2,1H3. The molecule has 0 spiro atoms. The Morgan fingerprint density at radius 2 is 2.04 bits per heavy atom. The smallest absolute Gasteiger partial charge is 0.272 e. The van der Waals surface area contributed by atoms with Crippen LogP contribution < -0.4 is 15.0 Å². The van der Waals surface area contributed by atoms with Crippen molar-refractivity contribution in [2.75, 3.05) is 13.2 Å². The van der Waals surface area contributed by atoms with Gasteiger partial charge in [0.2, 0.25) is 5.78 Å². The molecule has 27 heavy (non-hydrogen) atoms. The summed E-state index contributed by atoms with van der Waals surface area (Å²) >= 11 is 9.36. The molecule has 0 fully saturated rings. The molecule has 0 amide bonds. The van der Waals surface area contributed by atoms with Gasteiger partial charge in [-0.3, -0.25) is 13.8 Å². The molecule has 0 N–H and O–H groups in total. The molecule has 4 heterocycles. The largest absolute Gasteiger partial charge is 0.486 e. The number of nitrogens with zero attached hydrogens (tertiary/aromatic N) is 4. The van der Waals surface area contributed by atoms with Crippen molar-refractivity contribution >= 4 is 50.7 Å². The third kappa shape index (κ3) is 2.69. The number of halogens is 1. The number of fused-ring (bicyclic) bond motifs is 4. The number of thiophene rings is 1. The van der Waals surface area contributed by atoms with E-state index < -0.39 is 0 Å². The Hall–Kier alpha value is -2.23. The second-order valence-electron chi connectivity index (χ2n) is 5.97. The zero-order valence-corrected chi connectivity index (χ0v) is 16.5. The quantitative estimate of drug-likeness (QED) is 0.473. The molecular formula is C17H13ClN4O3S2. The second kappa shape index (κ2) is 6.43. The van der Waals surface area contributed by atoms with E-state index in [0.29, 0.717) is 46.0 Å². The first-order chi connectivity index (χ1) is 13.1. The average Bonchev–Trinajstić information content (AvgIpc) is 3.31. The second-order valence-corrected chi connectivity index (χ2v) is 8.31. The lowest BCUT2D eigenvalue weighted by Gasteiger charge is -2.19. The highest BCUT2D eigenvalue weighted by atomic mass is 35.5. The number of hydrogen-bond acceptors (Lipinski definition) is 7. The molecule has 7 nitrogen and oxygen atoms in total. The van der Waals surface area contributed by atoms with E-state index in [2.05, 4.69) is 10.2 Å². The van der Waals surface area contributed by atoms with Crippen LogP contribution in [0.15, 0.2) is 33.3 Å². The maximum atomic E-state index is 12.4. The number of thioether (sulfide) groups is 1. The molecule has 0 saturated heterocycles. The minimum absolute atomic E-state index is 0.0611. The third-order valence-corrected chi connectivity index (χ3v) is 6.72. The van der Waals surface area contributed by atoms with Crippen LogP contribution in [0.2, 0.25) is 5.02 Å². The summed E-state index contributed by atoms with van der Waals surface area (Å²) in [6, 6.07) is 5.59. The minimum Gasteiger partial charge on any atom is -0.486 e. The summed E-state index contributed by atoms with van der Waals surface area (Å²) in [5, 5.41) is 11.0. The molecule has 1 aromatic carbocycles. The summed E-state index contributed by atoms with van der Waals surface area (Å²) in [6.45, 7) is 1.05. The topological polar surface area (TPSA) is 70.7 Å². The number of benzene rings is 1. The number of hydrogen-bond donors (Lipinski definition) is 0. The molecular weight excluding hydrogens is 408 g/mol. The van der Waals surface area contributed by atoms with Gasteiger partial charge >= 0.3 is 0 Å². The lowest BCUT2D eigenvalue weighted by molar-refractivity contribution is 0.171. The molecule has 0 unspecified atom stereocenters. The van der Waals surface area contributed by atoms with Crippen LogP contribution in [0, 0.1) is 0 Å². The van der Waals surface area contributed by atoms with Crippen molar-refractivity contribution in [3.05, 3.63) is 44.8 Å². The summed E-state index contributed by atoms with van der Waals surface area (Å²) in [6.07, 6.45) is 0. The Morgan fingerprint density at radius 3 is 2.85 bits per heavy atom. The molecule has 138 valence electrons. The fourth-order valence-corrected chi connectivity index (χ4v) is 5.07. The average molecular weight is 421 g/mol. The van der Waals surface area contributed by atoms with Crippen LogP contribution in [0.25, 0.3) is 16.0 Å². The Balaban J connectivity index is 1.54. The Bertz CT molecular complexity index is 1250. The van der Waals surface area contributed by atoms with Crippen LogP contribution in [0.5, 0.6) is 11.5 Å². The molecule has 4 aromatic rings. The summed E-state index contributed by atoms with van der Waals surface area (Å²) in [4.78, 5) is 13.3. The fraction of sp³-hybridized carbons (Fsp3) is 0.235. The molecule has 0 bridgehead atoms. The van der Waals surface area contributed by atoms with Gasteiger partial charge in [-0.25, -0.2) is 0 Å². The third-order valence-electron chi connectivity index (χ3n) is 4.35. The predicted molar refractivity (Wildman–Crippen MR) is 106 cm³/mol. The normalized spacial score (nSPS) is 13.6. The van der Waals surface area contributed by atoms with Crippen LogP contribution in [0.4, 0.5) is 0 Å². The van der Waals surface area contributed by atoms with E-state index >= 15 is 0 Å². The maximum absolute atomic E-state index is 12.4. The number of ether oxygens (including phenoxy) is 2. The molecule has 0 aliphatic carbocycles. The van der Waals surface area contributed by atoms with E-state index in [-0.39, 0.29) is 5.56 Å². The van der Waals surface area contributed by atoms with Crippen molar-refractivity contribution < 1.29 is 9.47 Å². The van der Waals surface area contributed by atoms with Crippen molar-refractivity contribution in [1.29, 1.82) is 0 Å². The van der Waals surface area contributed by atoms with Gasteiger partial charge in [-0.15, -0.1) is 33.3 Å². The van der Waals surface area contributed by atoms with Crippen LogP contribution in [0.3, 0.4) is 0 Å². The Labute approximate surface area is 166 Å². The first-order valence-corrected chi connectivity index (χ1v) is 10.4. The zero-order chi connectivity index (χ0) is 18.5. The minimum atomic E-state index is -0.0611. The van der Waals surface area contributed by atoms with Crippen LogP contribution in [0.1, 0.15) is 5.82 Å². The first-order valence-electron chi connectivity index (χ1n) is 8.15. The Morgan fingerprint density at radius 1 is 1.26 bits per heavy atom.